The van der Waals surface area contributed by atoms with Gasteiger partial charge in [0, 0.05) is 35.9 Å². The van der Waals surface area contributed by atoms with Crippen LogP contribution in [0.4, 0.5) is 6.01 Å². The zero-order valence-corrected chi connectivity index (χ0v) is 14.8. The number of ether oxygens (including phenoxy) is 1. The minimum atomic E-state index is -0.475. The van der Waals surface area contributed by atoms with Gasteiger partial charge in [0.15, 0.2) is 0 Å². The summed E-state index contributed by atoms with van der Waals surface area (Å²) in [5.41, 5.74) is 1.37. The third-order valence-corrected chi connectivity index (χ3v) is 4.59. The van der Waals surface area contributed by atoms with Crippen molar-refractivity contribution in [2.24, 2.45) is 7.05 Å². The Balaban J connectivity index is 1.58. The topological polar surface area (TPSA) is 69.2 Å². The number of hydrogen-bond acceptors (Lipinski definition) is 6. The Hall–Kier alpha value is -2.38. The van der Waals surface area contributed by atoms with Crippen LogP contribution in [0.5, 0.6) is 0 Å². The van der Waals surface area contributed by atoms with Crippen molar-refractivity contribution >= 4 is 17.6 Å². The molecular weight excluding hydrogens is 342 g/mol. The van der Waals surface area contributed by atoms with Gasteiger partial charge in [0.25, 0.3) is 0 Å². The Kier molecular flexibility index (Phi) is 3.97. The number of halogens is 1. The lowest BCUT2D eigenvalue weighted by atomic mass is 9.97. The van der Waals surface area contributed by atoms with E-state index in [1.54, 1.807) is 4.68 Å². The van der Waals surface area contributed by atoms with E-state index >= 15 is 0 Å². The highest BCUT2D eigenvalue weighted by atomic mass is 35.5. The highest BCUT2D eigenvalue weighted by Gasteiger charge is 2.36. The quantitative estimate of drug-likeness (QED) is 0.716. The van der Waals surface area contributed by atoms with Gasteiger partial charge in [0.2, 0.25) is 5.82 Å². The molecule has 7 nitrogen and oxygen atoms in total. The van der Waals surface area contributed by atoms with Gasteiger partial charge in [-0.15, -0.1) is 0 Å². The molecule has 2 aromatic heterocycles. The fourth-order valence-electron chi connectivity index (χ4n) is 2.99. The van der Waals surface area contributed by atoms with E-state index in [4.69, 9.17) is 20.9 Å². The van der Waals surface area contributed by atoms with Crippen LogP contribution in [-0.4, -0.2) is 39.6 Å². The van der Waals surface area contributed by atoms with Crippen LogP contribution in [0.15, 0.2) is 41.2 Å². The maximum Gasteiger partial charge on any atom is 0.324 e. The minimum absolute atomic E-state index is 0.475. The van der Waals surface area contributed by atoms with Crippen LogP contribution >= 0.6 is 11.6 Å². The van der Waals surface area contributed by atoms with Crippen molar-refractivity contribution in [2.45, 2.75) is 12.5 Å². The van der Waals surface area contributed by atoms with Crippen molar-refractivity contribution in [2.75, 3.05) is 24.6 Å². The van der Waals surface area contributed by atoms with Gasteiger partial charge in [-0.2, -0.15) is 10.1 Å². The number of anilines is 1. The van der Waals surface area contributed by atoms with Crippen LogP contribution in [-0.2, 0) is 17.4 Å². The summed E-state index contributed by atoms with van der Waals surface area (Å²) < 4.78 is 13.3. The lowest BCUT2D eigenvalue weighted by Crippen LogP contribution is -2.48. The van der Waals surface area contributed by atoms with Crippen molar-refractivity contribution in [3.05, 3.63) is 47.2 Å². The van der Waals surface area contributed by atoms with Crippen LogP contribution in [0.1, 0.15) is 12.5 Å². The van der Waals surface area contributed by atoms with Gasteiger partial charge < -0.3 is 14.2 Å². The summed E-state index contributed by atoms with van der Waals surface area (Å²) in [4.78, 5) is 6.56. The van der Waals surface area contributed by atoms with Gasteiger partial charge in [-0.3, -0.25) is 4.68 Å². The first-order chi connectivity index (χ1) is 12.0. The third kappa shape index (κ3) is 3.12. The van der Waals surface area contributed by atoms with Gasteiger partial charge in [-0.05, 0) is 19.1 Å². The largest absolute Gasteiger partial charge is 0.367 e. The Bertz CT molecular complexity index is 893. The molecule has 1 fully saturated rings. The Morgan fingerprint density at radius 2 is 2.20 bits per heavy atom. The van der Waals surface area contributed by atoms with Crippen LogP contribution < -0.4 is 4.90 Å². The smallest absolute Gasteiger partial charge is 0.324 e. The second kappa shape index (κ2) is 6.16. The summed E-state index contributed by atoms with van der Waals surface area (Å²) in [6.45, 7) is 3.91. The molecule has 0 bridgehead atoms. The van der Waals surface area contributed by atoms with Crippen LogP contribution in [0, 0.1) is 0 Å². The predicted molar refractivity (Wildman–Crippen MR) is 93.5 cm³/mol. The third-order valence-electron chi connectivity index (χ3n) is 4.36. The number of aryl methyl sites for hydroxylation is 1. The average molecular weight is 360 g/mol. The van der Waals surface area contributed by atoms with Gasteiger partial charge in [0.1, 0.15) is 5.60 Å². The molecule has 4 rings (SSSR count). The molecule has 0 spiro atoms. The van der Waals surface area contributed by atoms with E-state index in [1.807, 2.05) is 55.5 Å². The van der Waals surface area contributed by atoms with Crippen LogP contribution in [0.2, 0.25) is 5.02 Å². The molecule has 0 aliphatic carbocycles. The van der Waals surface area contributed by atoms with E-state index in [9.17, 15) is 0 Å². The molecule has 1 aromatic carbocycles. The van der Waals surface area contributed by atoms with E-state index in [0.717, 1.165) is 11.1 Å². The first-order valence-corrected chi connectivity index (χ1v) is 8.39. The summed E-state index contributed by atoms with van der Waals surface area (Å²) in [7, 11) is 1.89. The van der Waals surface area contributed by atoms with Gasteiger partial charge in [0.05, 0.1) is 19.3 Å². The molecule has 25 heavy (non-hydrogen) atoms. The van der Waals surface area contributed by atoms with Crippen molar-refractivity contribution in [3.63, 3.8) is 0 Å². The Labute approximate surface area is 150 Å². The van der Waals surface area contributed by atoms with Gasteiger partial charge in [-0.1, -0.05) is 28.9 Å². The molecular formula is C17H18ClN5O2. The molecule has 8 heteroatoms. The molecule has 1 aliphatic rings. The monoisotopic (exact) mass is 359 g/mol. The molecule has 3 aromatic rings. The van der Waals surface area contributed by atoms with Crippen LogP contribution in [0.3, 0.4) is 0 Å². The number of aromatic nitrogens is 4. The first-order valence-electron chi connectivity index (χ1n) is 8.01. The van der Waals surface area contributed by atoms with E-state index in [2.05, 4.69) is 15.2 Å². The minimum Gasteiger partial charge on any atom is -0.367 e. The van der Waals surface area contributed by atoms with Crippen molar-refractivity contribution in [1.29, 1.82) is 0 Å². The summed E-state index contributed by atoms with van der Waals surface area (Å²) in [6.07, 6.45) is 3.80. The first kappa shape index (κ1) is 16.1. The molecule has 1 unspecified atom stereocenters. The zero-order valence-electron chi connectivity index (χ0n) is 14.0. The molecule has 1 saturated heterocycles. The standard InChI is InChI=1S/C17H18ClN5O2/c1-17(13-9-19-22(2)10-13)11-23(6-7-24-17)16-20-15(21-25-16)12-4-3-5-14(18)8-12/h3-5,8-10H,6-7,11H2,1-2H3. The molecule has 3 heterocycles. The molecule has 1 atom stereocenters. The molecule has 1 aliphatic heterocycles. The van der Waals surface area contributed by atoms with Gasteiger partial charge >= 0.3 is 6.01 Å². The average Bonchev–Trinajstić information content (AvgIpc) is 3.24. The Morgan fingerprint density at radius 3 is 2.96 bits per heavy atom. The predicted octanol–water partition coefficient (Wildman–Crippen LogP) is 2.88. The number of nitrogens with zero attached hydrogens (tertiary/aromatic N) is 5. The molecule has 0 N–H and O–H groups in total. The Morgan fingerprint density at radius 1 is 1.32 bits per heavy atom. The normalized spacial score (nSPS) is 20.8. The number of hydrogen-bond donors (Lipinski definition) is 0. The molecule has 130 valence electrons. The summed E-state index contributed by atoms with van der Waals surface area (Å²) in [5.74, 6) is 0.520. The highest BCUT2D eigenvalue weighted by molar-refractivity contribution is 6.30. The molecule has 0 radical (unpaired) electrons. The summed E-state index contributed by atoms with van der Waals surface area (Å²) >= 11 is 6.04. The van der Waals surface area contributed by atoms with E-state index in [-0.39, 0.29) is 0 Å². The van der Waals surface area contributed by atoms with E-state index < -0.39 is 5.60 Å². The lowest BCUT2D eigenvalue weighted by Gasteiger charge is -2.39. The van der Waals surface area contributed by atoms with Crippen molar-refractivity contribution in [3.8, 4) is 11.4 Å². The van der Waals surface area contributed by atoms with E-state index in [1.165, 1.54) is 0 Å². The van der Waals surface area contributed by atoms with Crippen LogP contribution in [0.25, 0.3) is 11.4 Å². The maximum atomic E-state index is 6.04. The van der Waals surface area contributed by atoms with E-state index in [0.29, 0.717) is 36.6 Å². The maximum absolute atomic E-state index is 6.04. The van der Waals surface area contributed by atoms with Crippen molar-refractivity contribution in [1.82, 2.24) is 19.9 Å². The second-order valence-corrected chi connectivity index (χ2v) is 6.75. The summed E-state index contributed by atoms with van der Waals surface area (Å²) in [6, 6.07) is 7.87. The second-order valence-electron chi connectivity index (χ2n) is 6.31. The number of benzene rings is 1. The van der Waals surface area contributed by atoms with Gasteiger partial charge in [-0.25, -0.2) is 0 Å². The number of morpholine rings is 1. The molecule has 0 saturated carbocycles. The highest BCUT2D eigenvalue weighted by Crippen LogP contribution is 2.31. The lowest BCUT2D eigenvalue weighted by molar-refractivity contribution is -0.0480. The number of rotatable bonds is 3. The SMILES string of the molecule is Cn1cc(C2(C)CN(c3nc(-c4cccc(Cl)c4)no3)CCO2)cn1. The fraction of sp³-hybridized carbons (Fsp3) is 0.353. The zero-order chi connectivity index (χ0) is 17.4. The molecule has 0 amide bonds. The van der Waals surface area contributed by atoms with Crippen molar-refractivity contribution < 1.29 is 9.26 Å². The fourth-order valence-corrected chi connectivity index (χ4v) is 3.18. The summed E-state index contributed by atoms with van der Waals surface area (Å²) in [5, 5.41) is 8.96.